The molecule has 0 amide bonds. The van der Waals surface area contributed by atoms with E-state index in [1.165, 1.54) is 0 Å². The van der Waals surface area contributed by atoms with Crippen molar-refractivity contribution in [3.63, 3.8) is 0 Å². The maximum Gasteiger partial charge on any atom is 0.344 e. The molecule has 0 fully saturated rings. The fourth-order valence-electron chi connectivity index (χ4n) is 2.65. The van der Waals surface area contributed by atoms with Gasteiger partial charge in [0.05, 0.1) is 12.2 Å². The van der Waals surface area contributed by atoms with Gasteiger partial charge in [-0.3, -0.25) is 4.79 Å². The van der Waals surface area contributed by atoms with Crippen molar-refractivity contribution in [1.82, 2.24) is 0 Å². The predicted molar refractivity (Wildman–Crippen MR) is 87.7 cm³/mol. The lowest BCUT2D eigenvalue weighted by molar-refractivity contribution is -0.145. The maximum atomic E-state index is 11.8. The minimum Gasteiger partial charge on any atom is -0.492 e. The van der Waals surface area contributed by atoms with E-state index in [0.29, 0.717) is 42.9 Å². The molecule has 5 heteroatoms. The zero-order chi connectivity index (χ0) is 16.9. The summed E-state index contributed by atoms with van der Waals surface area (Å²) in [7, 11) is 0. The first-order chi connectivity index (χ1) is 11.6. The summed E-state index contributed by atoms with van der Waals surface area (Å²) in [5.41, 5.74) is 1.58. The lowest BCUT2D eigenvalue weighted by Crippen LogP contribution is -2.27. The van der Waals surface area contributed by atoms with Crippen LogP contribution < -0.4 is 9.47 Å². The van der Waals surface area contributed by atoms with Crippen LogP contribution in [0.15, 0.2) is 48.5 Å². The Morgan fingerprint density at radius 1 is 1.21 bits per heavy atom. The van der Waals surface area contributed by atoms with Gasteiger partial charge in [-0.2, -0.15) is 0 Å². The zero-order valence-electron chi connectivity index (χ0n) is 13.1. The fraction of sp³-hybridized carbons (Fsp3) is 0.263. The van der Waals surface area contributed by atoms with Gasteiger partial charge in [0, 0.05) is 12.5 Å². The number of ketones is 1. The highest BCUT2D eigenvalue weighted by Crippen LogP contribution is 2.29. The molecule has 3 rings (SSSR count). The molecule has 0 aliphatic carbocycles. The molecule has 1 N–H and O–H groups in total. The number of carbonyl (C=O) groups is 2. The monoisotopic (exact) mass is 326 g/mol. The van der Waals surface area contributed by atoms with Gasteiger partial charge in [0.15, 0.2) is 11.9 Å². The number of aryl methyl sites for hydroxylation is 1. The van der Waals surface area contributed by atoms with Crippen molar-refractivity contribution in [2.24, 2.45) is 0 Å². The topological polar surface area (TPSA) is 72.8 Å². The van der Waals surface area contributed by atoms with Crippen molar-refractivity contribution in [3.05, 3.63) is 59.7 Å². The molecule has 0 bridgehead atoms. The van der Waals surface area contributed by atoms with Crippen molar-refractivity contribution < 1.29 is 24.2 Å². The number of rotatable bonds is 6. The number of ether oxygens (including phenoxy) is 2. The lowest BCUT2D eigenvalue weighted by Gasteiger charge is -2.19. The Labute approximate surface area is 139 Å². The third-order valence-electron chi connectivity index (χ3n) is 3.93. The average molecular weight is 326 g/mol. The summed E-state index contributed by atoms with van der Waals surface area (Å²) < 4.78 is 11.1. The Morgan fingerprint density at radius 2 is 2.00 bits per heavy atom. The van der Waals surface area contributed by atoms with Gasteiger partial charge in [0.1, 0.15) is 11.5 Å². The van der Waals surface area contributed by atoms with E-state index in [2.05, 4.69) is 0 Å². The highest BCUT2D eigenvalue weighted by molar-refractivity contribution is 5.99. The number of aliphatic carboxylic acids is 1. The molecule has 0 saturated carbocycles. The van der Waals surface area contributed by atoms with Gasteiger partial charge in [-0.25, -0.2) is 4.79 Å². The predicted octanol–water partition coefficient (Wildman–Crippen LogP) is 3.12. The maximum absolute atomic E-state index is 11.8. The number of carbonyl (C=O) groups excluding carboxylic acids is 1. The first-order valence-corrected chi connectivity index (χ1v) is 7.87. The first-order valence-electron chi connectivity index (χ1n) is 7.87. The number of carboxylic acids is 1. The molecule has 0 spiro atoms. The number of Topliss-reactive ketones (excluding diaryl/α,β-unsaturated/α-hetero) is 1. The minimum atomic E-state index is -1.01. The normalized spacial score (nSPS) is 14.4. The van der Waals surface area contributed by atoms with Crippen molar-refractivity contribution >= 4 is 11.8 Å². The average Bonchev–Trinajstić information content (AvgIpc) is 2.59. The van der Waals surface area contributed by atoms with Crippen LogP contribution in [0.2, 0.25) is 0 Å². The largest absolute Gasteiger partial charge is 0.492 e. The molecule has 2 aromatic rings. The summed E-state index contributed by atoms with van der Waals surface area (Å²) in [6.45, 7) is 0.339. The van der Waals surface area contributed by atoms with Crippen LogP contribution >= 0.6 is 0 Å². The molecular weight excluding hydrogens is 308 g/mol. The number of benzene rings is 2. The van der Waals surface area contributed by atoms with E-state index in [0.717, 1.165) is 5.56 Å². The van der Waals surface area contributed by atoms with Gasteiger partial charge in [-0.15, -0.1) is 0 Å². The molecule has 0 radical (unpaired) electrons. The van der Waals surface area contributed by atoms with E-state index >= 15 is 0 Å². The van der Waals surface area contributed by atoms with Crippen LogP contribution in [0.4, 0.5) is 0 Å². The quantitative estimate of drug-likeness (QED) is 0.883. The SMILES string of the molecule is O=C1CCOc2cc(OC(CCc3ccccc3)C(=O)O)ccc21. The van der Waals surface area contributed by atoms with Gasteiger partial charge < -0.3 is 14.6 Å². The Morgan fingerprint density at radius 3 is 2.75 bits per heavy atom. The molecule has 1 heterocycles. The molecular formula is C19H18O5. The van der Waals surface area contributed by atoms with E-state index in [4.69, 9.17) is 9.47 Å². The smallest absolute Gasteiger partial charge is 0.344 e. The van der Waals surface area contributed by atoms with Crippen LogP contribution in [-0.2, 0) is 11.2 Å². The molecule has 1 atom stereocenters. The van der Waals surface area contributed by atoms with Crippen molar-refractivity contribution in [2.75, 3.05) is 6.61 Å². The second kappa shape index (κ2) is 7.17. The van der Waals surface area contributed by atoms with Crippen LogP contribution in [-0.4, -0.2) is 29.6 Å². The molecule has 24 heavy (non-hydrogen) atoms. The van der Waals surface area contributed by atoms with Gasteiger partial charge in [0.2, 0.25) is 0 Å². The summed E-state index contributed by atoms with van der Waals surface area (Å²) in [5.74, 6) is -0.137. The number of hydrogen-bond acceptors (Lipinski definition) is 4. The van der Waals surface area contributed by atoms with Gasteiger partial charge in [0.25, 0.3) is 0 Å². The Kier molecular flexibility index (Phi) is 4.79. The van der Waals surface area contributed by atoms with Crippen LogP contribution in [0.25, 0.3) is 0 Å². The third-order valence-corrected chi connectivity index (χ3v) is 3.93. The molecule has 124 valence electrons. The summed E-state index contributed by atoms with van der Waals surface area (Å²) in [5, 5.41) is 9.38. The second-order valence-corrected chi connectivity index (χ2v) is 5.65. The van der Waals surface area contributed by atoms with Crippen LogP contribution in [0.1, 0.15) is 28.8 Å². The van der Waals surface area contributed by atoms with E-state index in [1.54, 1.807) is 18.2 Å². The molecule has 0 aromatic heterocycles. The molecule has 1 unspecified atom stereocenters. The van der Waals surface area contributed by atoms with Crippen molar-refractivity contribution in [3.8, 4) is 11.5 Å². The van der Waals surface area contributed by atoms with E-state index in [9.17, 15) is 14.7 Å². The summed E-state index contributed by atoms with van der Waals surface area (Å²) in [4.78, 5) is 23.2. The Hall–Kier alpha value is -2.82. The zero-order valence-corrected chi connectivity index (χ0v) is 13.1. The van der Waals surface area contributed by atoms with Crippen molar-refractivity contribution in [2.45, 2.75) is 25.4 Å². The summed E-state index contributed by atoms with van der Waals surface area (Å²) in [6, 6.07) is 14.5. The highest BCUT2D eigenvalue weighted by atomic mass is 16.5. The molecule has 0 saturated heterocycles. The van der Waals surface area contributed by atoms with Crippen molar-refractivity contribution in [1.29, 1.82) is 0 Å². The molecule has 1 aliphatic heterocycles. The highest BCUT2D eigenvalue weighted by Gasteiger charge is 2.22. The standard InChI is InChI=1S/C19H18O5/c20-16-10-11-23-18-12-14(7-8-15(16)18)24-17(19(21)22)9-6-13-4-2-1-3-5-13/h1-5,7-8,12,17H,6,9-11H2,(H,21,22). The Bertz CT molecular complexity index is 739. The number of hydrogen-bond donors (Lipinski definition) is 1. The fourth-order valence-corrected chi connectivity index (χ4v) is 2.65. The van der Waals surface area contributed by atoms with Crippen LogP contribution in [0.5, 0.6) is 11.5 Å². The Balaban J connectivity index is 1.69. The lowest BCUT2D eigenvalue weighted by atomic mass is 10.0. The van der Waals surface area contributed by atoms with Gasteiger partial charge in [-0.05, 0) is 30.5 Å². The molecule has 1 aliphatic rings. The first kappa shape index (κ1) is 16.1. The number of fused-ring (bicyclic) bond motifs is 1. The second-order valence-electron chi connectivity index (χ2n) is 5.65. The van der Waals surface area contributed by atoms with Crippen LogP contribution in [0.3, 0.4) is 0 Å². The molecule has 5 nitrogen and oxygen atoms in total. The van der Waals surface area contributed by atoms with E-state index in [1.807, 2.05) is 30.3 Å². The van der Waals surface area contributed by atoms with E-state index < -0.39 is 12.1 Å². The van der Waals surface area contributed by atoms with E-state index in [-0.39, 0.29) is 5.78 Å². The minimum absolute atomic E-state index is 0.0293. The molecule has 2 aromatic carbocycles. The third kappa shape index (κ3) is 3.74. The summed E-state index contributed by atoms with van der Waals surface area (Å²) in [6.07, 6.45) is 0.373. The summed E-state index contributed by atoms with van der Waals surface area (Å²) >= 11 is 0. The van der Waals surface area contributed by atoms with Crippen LogP contribution in [0, 0.1) is 0 Å². The van der Waals surface area contributed by atoms with Gasteiger partial charge in [-0.1, -0.05) is 30.3 Å². The number of carboxylic acid groups (broad SMARTS) is 1. The van der Waals surface area contributed by atoms with Gasteiger partial charge >= 0.3 is 5.97 Å².